The van der Waals surface area contributed by atoms with Gasteiger partial charge in [-0.15, -0.1) is 0 Å². The summed E-state index contributed by atoms with van der Waals surface area (Å²) in [5, 5.41) is 91.2. The maximum atomic E-state index is 14.2. The molecule has 0 aromatic heterocycles. The number of nitrogens with two attached hydrogens (primary N) is 6. The lowest BCUT2D eigenvalue weighted by molar-refractivity contribution is -0.142. The topological polar surface area (TPSA) is 918 Å². The number of hydrogen-bond donors (Lipinski definition) is 35. The van der Waals surface area contributed by atoms with E-state index in [-0.39, 0.29) is 76.3 Å². The van der Waals surface area contributed by atoms with Crippen molar-refractivity contribution in [3.63, 3.8) is 0 Å². The Morgan fingerprint density at radius 1 is 0.396 bits per heavy atom. The average molecular weight is 2070 g/mol. The summed E-state index contributed by atoms with van der Waals surface area (Å²) in [4.78, 5) is 319. The molecule has 37 N–H and O–H groups in total. The lowest BCUT2D eigenvalue weighted by atomic mass is 10.0. The summed E-state index contributed by atoms with van der Waals surface area (Å²) in [6.07, 6.45) is -2.22. The molecule has 1 aliphatic heterocycles. The van der Waals surface area contributed by atoms with E-state index in [0.29, 0.717) is 12.2 Å². The Bertz CT molecular complexity index is 4320. The SMILES string of the molecule is CSCC[C@H](N)C(=O)NCC(=O)N[C@@H](CCCNC(=N)N)C(=O)N[C@@H](CCCNC(=N)N)C(=O)NCC(=O)N[C@@H](C)C(=O)N[C@@H](CC(=O)O)C(=O)N[C@@H](CCC(N)=O)C(=O)N[C@@H](CS)C(=O)N[C@@H](CS)C(=O)N1CCC[C@H]1C(=O)NCC(=O)N[C@@H](CC(C)C)C(=O)N[C@@H](CCC(N)=O)C(=O)NCC(=O)N[C@@H](CO)C(=O)N[C@@H](CS)C(=O)N[C@@H](CCC(N)=O)C(=O)N[C@H](C(=O)N[C@@H](CS)C(=O)O)C(C)C. The number of primary amides is 3. The summed E-state index contributed by atoms with van der Waals surface area (Å²) in [5.74, 6) is -28.7. The monoisotopic (exact) mass is 2070 g/mol. The molecule has 0 spiro atoms. The largest absolute Gasteiger partial charge is 0.481 e. The smallest absolute Gasteiger partial charge is 0.327 e. The van der Waals surface area contributed by atoms with E-state index in [1.54, 1.807) is 13.8 Å². The summed E-state index contributed by atoms with van der Waals surface area (Å²) < 4.78 is 0. The number of aliphatic hydroxyl groups is 1. The van der Waals surface area contributed by atoms with Crippen LogP contribution in [-0.4, -0.2) is 358 Å². The highest BCUT2D eigenvalue weighted by molar-refractivity contribution is 7.98. The van der Waals surface area contributed by atoms with Crippen LogP contribution in [0.1, 0.15) is 131 Å². The molecule has 1 aliphatic rings. The van der Waals surface area contributed by atoms with Crippen molar-refractivity contribution in [3.8, 4) is 0 Å². The molecule has 782 valence electrons. The summed E-state index contributed by atoms with van der Waals surface area (Å²) in [7, 11) is 0. The van der Waals surface area contributed by atoms with E-state index in [9.17, 15) is 130 Å². The summed E-state index contributed by atoms with van der Waals surface area (Å²) >= 11 is 17.9. The van der Waals surface area contributed by atoms with Gasteiger partial charge in [0.2, 0.25) is 130 Å². The van der Waals surface area contributed by atoms with Crippen LogP contribution in [0.5, 0.6) is 0 Å². The van der Waals surface area contributed by atoms with Gasteiger partial charge in [0.1, 0.15) is 90.6 Å². The number of likely N-dealkylation sites (tertiary alicyclic amines) is 1. The lowest BCUT2D eigenvalue weighted by Crippen LogP contribution is -2.60. The van der Waals surface area contributed by atoms with E-state index in [4.69, 9.17) is 45.2 Å². The first kappa shape index (κ1) is 124. The number of nitrogens with zero attached hydrogens (tertiary/aromatic N) is 1. The highest BCUT2D eigenvalue weighted by Crippen LogP contribution is 2.20. The van der Waals surface area contributed by atoms with Crippen molar-refractivity contribution in [2.45, 2.75) is 228 Å². The van der Waals surface area contributed by atoms with Gasteiger partial charge in [-0.2, -0.15) is 62.3 Å². The summed E-state index contributed by atoms with van der Waals surface area (Å²) in [5.41, 5.74) is 32.7. The number of hydrogen-bond acceptors (Lipinski definition) is 33. The standard InChI is InChI=1S/C78H133N29O27S5/c1-35(2)24-44(68(125)98-41(13-16-52(80)109)64(121)91-28-58(115)96-46(30-108)70(127)103-47(31-135)71(128)100-43(15-18-54(82)111)67(124)106-60(36(3)4)74(131)105-50(34-138)76(133)134)95-57(114)29-92-73(130)51-12-9-22-107(51)75(132)49(33-137)104-72(129)48(32-136)102-66(123)42(14-17-53(81)110)99-69(126)45(25-59(116)117)101-61(118)37(5)93-55(112)26-90-63(120)39(10-7-20-87-77(83)84)97-65(122)40(11-8-21-88-78(85)86)94-56(113)27-89-62(119)38(79)19-23-139-6/h35-51,60,108,135-138H,7-34,79H2,1-6H3,(H2,80,109)(H2,81,110)(H2,82,111)(H,89,119)(H,90,120)(H,91,121)(H,92,130)(H,93,112)(H,94,113)(H,95,114)(H,96,115)(H,97,122)(H,98,125)(H,99,126)(H,100,128)(H,101,118)(H,102,123)(H,103,127)(H,104,129)(H,105,131)(H,106,124)(H,116,117)(H,133,134)(H4,83,84,87)(H4,85,86,88)/t37-,38-,39-,40-,41-,42-,43-,44-,45-,46-,47-,48-,49-,50-,51-,60-/m0/s1. The van der Waals surface area contributed by atoms with Crippen molar-refractivity contribution < 1.29 is 130 Å². The third-order valence-electron chi connectivity index (χ3n) is 20.1. The van der Waals surface area contributed by atoms with Gasteiger partial charge in [0, 0.05) is 61.9 Å². The number of carboxylic acids is 2. The van der Waals surface area contributed by atoms with Crippen molar-refractivity contribution in [2.24, 2.45) is 46.2 Å². The van der Waals surface area contributed by atoms with Crippen LogP contribution in [0.25, 0.3) is 0 Å². The fourth-order valence-electron chi connectivity index (χ4n) is 12.7. The zero-order valence-electron chi connectivity index (χ0n) is 77.4. The highest BCUT2D eigenvalue weighted by Gasteiger charge is 2.41. The van der Waals surface area contributed by atoms with E-state index < -0.39 is 351 Å². The molecule has 0 aliphatic carbocycles. The van der Waals surface area contributed by atoms with Crippen LogP contribution in [0, 0.1) is 22.7 Å². The van der Waals surface area contributed by atoms with Gasteiger partial charge in [0.15, 0.2) is 11.9 Å². The summed E-state index contributed by atoms with van der Waals surface area (Å²) in [6, 6.07) is -24.9. The third kappa shape index (κ3) is 49.6. The van der Waals surface area contributed by atoms with Crippen LogP contribution in [-0.2, 0) is 115 Å². The van der Waals surface area contributed by atoms with Crippen molar-refractivity contribution in [2.75, 3.05) is 87.4 Å². The second-order valence-electron chi connectivity index (χ2n) is 32.3. The Labute approximate surface area is 825 Å². The van der Waals surface area contributed by atoms with Crippen molar-refractivity contribution >= 4 is 216 Å². The maximum absolute atomic E-state index is 14.2. The molecule has 0 aromatic carbocycles. The van der Waals surface area contributed by atoms with Gasteiger partial charge < -0.3 is 161 Å². The van der Waals surface area contributed by atoms with Crippen LogP contribution in [0.2, 0.25) is 0 Å². The molecule has 0 radical (unpaired) electrons. The molecule has 16 atom stereocenters. The second-order valence-corrected chi connectivity index (χ2v) is 34.8. The number of rotatable bonds is 68. The van der Waals surface area contributed by atoms with Gasteiger partial charge in [-0.1, -0.05) is 27.7 Å². The third-order valence-corrected chi connectivity index (χ3v) is 22.2. The van der Waals surface area contributed by atoms with Gasteiger partial charge >= 0.3 is 11.9 Å². The Morgan fingerprint density at radius 3 is 1.16 bits per heavy atom. The Morgan fingerprint density at radius 2 is 0.748 bits per heavy atom. The van der Waals surface area contributed by atoms with Crippen molar-refractivity contribution in [3.05, 3.63) is 0 Å². The quantitative estimate of drug-likeness (QED) is 0.0116. The Balaban J connectivity index is 3.25. The minimum absolute atomic E-state index is 0.00784. The molecule has 56 nitrogen and oxygen atoms in total. The van der Waals surface area contributed by atoms with Crippen LogP contribution in [0.4, 0.5) is 0 Å². The minimum atomic E-state index is -2.05. The van der Waals surface area contributed by atoms with Gasteiger partial charge in [0.25, 0.3) is 0 Å². The van der Waals surface area contributed by atoms with E-state index in [2.05, 4.69) is 157 Å². The molecule has 22 amide bonds. The molecule has 0 saturated carbocycles. The van der Waals surface area contributed by atoms with E-state index in [0.717, 1.165) is 11.8 Å². The van der Waals surface area contributed by atoms with Gasteiger partial charge in [-0.25, -0.2) is 4.79 Å². The summed E-state index contributed by atoms with van der Waals surface area (Å²) in [6.45, 7) is 3.01. The highest BCUT2D eigenvalue weighted by atomic mass is 32.2. The number of guanidine groups is 2. The first-order valence-electron chi connectivity index (χ1n) is 43.7. The van der Waals surface area contributed by atoms with Crippen LogP contribution in [0.3, 0.4) is 0 Å². The molecule has 61 heteroatoms. The normalized spacial score (nSPS) is 15.3. The van der Waals surface area contributed by atoms with Crippen LogP contribution < -0.4 is 141 Å². The number of carbonyl (C=O) groups is 24. The first-order chi connectivity index (χ1) is 65.3. The van der Waals surface area contributed by atoms with Gasteiger partial charge in [-0.3, -0.25) is 121 Å². The zero-order valence-corrected chi connectivity index (χ0v) is 81.8. The number of thioether (sulfide) groups is 1. The van der Waals surface area contributed by atoms with E-state index in [1.807, 2.05) is 6.26 Å². The molecule has 1 saturated heterocycles. The number of nitrogens with one attached hydrogen (secondary N) is 22. The molecule has 0 unspecified atom stereocenters. The van der Waals surface area contributed by atoms with E-state index in [1.165, 1.54) is 25.6 Å². The number of aliphatic hydroxyl groups excluding tert-OH is 1. The van der Waals surface area contributed by atoms with Crippen molar-refractivity contribution in [1.29, 1.82) is 10.8 Å². The zero-order chi connectivity index (χ0) is 106. The molecule has 0 bridgehead atoms. The Hall–Kier alpha value is -12.5. The molecular formula is C78H133N29O27S5. The fraction of sp³-hybridized carbons (Fsp3) is 0.667. The molecule has 139 heavy (non-hydrogen) atoms. The molecule has 0 aromatic rings. The maximum Gasteiger partial charge on any atom is 0.327 e. The number of carbonyl (C=O) groups excluding carboxylic acids is 22. The van der Waals surface area contributed by atoms with Crippen LogP contribution in [0.15, 0.2) is 0 Å². The number of amides is 22. The van der Waals surface area contributed by atoms with Gasteiger partial charge in [-0.05, 0) is 101 Å². The average Bonchev–Trinajstić information content (AvgIpc) is 1.71. The predicted octanol–water partition coefficient (Wildman–Crippen LogP) is -14.4. The lowest BCUT2D eigenvalue weighted by Gasteiger charge is -2.29. The predicted molar refractivity (Wildman–Crippen MR) is 511 cm³/mol. The van der Waals surface area contributed by atoms with Gasteiger partial charge in [0.05, 0.1) is 45.2 Å². The molecule has 1 fully saturated rings. The second kappa shape index (κ2) is 66.1. The number of carboxylic acid groups (broad SMARTS) is 2. The molecule has 1 heterocycles. The first-order valence-corrected chi connectivity index (χ1v) is 47.6. The molecular weight excluding hydrogens is 1940 g/mol. The minimum Gasteiger partial charge on any atom is -0.481 e. The molecule has 1 rings (SSSR count). The number of aliphatic carboxylic acids is 2. The number of thiol groups is 4. The van der Waals surface area contributed by atoms with Crippen LogP contribution >= 0.6 is 62.3 Å². The van der Waals surface area contributed by atoms with Crippen molar-refractivity contribution in [1.82, 2.24) is 111 Å². The van der Waals surface area contributed by atoms with E-state index >= 15 is 0 Å². The Kier molecular flexibility index (Phi) is 59.2. The fourth-order valence-corrected chi connectivity index (χ4v) is 14.2.